The number of anilines is 1. The summed E-state index contributed by atoms with van der Waals surface area (Å²) in [7, 11) is -3.63. The summed E-state index contributed by atoms with van der Waals surface area (Å²) in [5.74, 6) is -0.123. The molecule has 5 nitrogen and oxygen atoms in total. The van der Waals surface area contributed by atoms with Crippen LogP contribution in [0.1, 0.15) is 49.5 Å². The number of nitrogens with one attached hydrogen (secondary N) is 2. The number of hydrogen-bond donors (Lipinski definition) is 2. The average Bonchev–Trinajstić information content (AvgIpc) is 3.16. The molecule has 150 valence electrons. The summed E-state index contributed by atoms with van der Waals surface area (Å²) in [6.45, 7) is 1.85. The number of sulfonamides is 1. The molecule has 1 amide bonds. The van der Waals surface area contributed by atoms with E-state index in [1.165, 1.54) is 11.3 Å². The van der Waals surface area contributed by atoms with Crippen LogP contribution in [0.3, 0.4) is 0 Å². The monoisotopic (exact) mass is 438 g/mol. The van der Waals surface area contributed by atoms with E-state index in [9.17, 15) is 13.2 Å². The Hall–Kier alpha value is -1.41. The minimum absolute atomic E-state index is 0.00796. The summed E-state index contributed by atoms with van der Waals surface area (Å²) in [6, 6.07) is 8.62. The maximum absolute atomic E-state index is 12.9. The lowest BCUT2D eigenvalue weighted by Gasteiger charge is -2.24. The van der Waals surface area contributed by atoms with Gasteiger partial charge in [0.2, 0.25) is 15.9 Å². The summed E-state index contributed by atoms with van der Waals surface area (Å²) in [4.78, 5) is 13.9. The first-order valence-corrected chi connectivity index (χ1v) is 12.2. The van der Waals surface area contributed by atoms with E-state index < -0.39 is 15.4 Å². The van der Waals surface area contributed by atoms with E-state index >= 15 is 0 Å². The number of fused-ring (bicyclic) bond motifs is 1. The quantitative estimate of drug-likeness (QED) is 0.723. The Kier molecular flexibility index (Phi) is 5.29. The van der Waals surface area contributed by atoms with Gasteiger partial charge in [-0.15, -0.1) is 11.3 Å². The van der Waals surface area contributed by atoms with E-state index in [-0.39, 0.29) is 16.8 Å². The van der Waals surface area contributed by atoms with Gasteiger partial charge in [-0.1, -0.05) is 30.9 Å². The Morgan fingerprint density at radius 3 is 2.64 bits per heavy atom. The zero-order valence-electron chi connectivity index (χ0n) is 15.6. The van der Waals surface area contributed by atoms with Gasteiger partial charge < -0.3 is 5.32 Å². The molecule has 2 N–H and O–H groups in total. The highest BCUT2D eigenvalue weighted by Crippen LogP contribution is 2.42. The van der Waals surface area contributed by atoms with Gasteiger partial charge in [0.05, 0.1) is 14.6 Å². The van der Waals surface area contributed by atoms with Gasteiger partial charge in [-0.3, -0.25) is 4.79 Å². The third kappa shape index (κ3) is 3.73. The van der Waals surface area contributed by atoms with Crippen molar-refractivity contribution in [3.8, 4) is 0 Å². The second-order valence-electron chi connectivity index (χ2n) is 7.83. The number of thiophene rings is 1. The topological polar surface area (TPSA) is 75.3 Å². The van der Waals surface area contributed by atoms with Gasteiger partial charge in [-0.2, -0.15) is 0 Å². The van der Waals surface area contributed by atoms with Crippen molar-refractivity contribution in [2.45, 2.75) is 61.8 Å². The van der Waals surface area contributed by atoms with Crippen LogP contribution in [0.5, 0.6) is 0 Å². The molecule has 0 saturated heterocycles. The second-order valence-corrected chi connectivity index (χ2v) is 11.3. The zero-order chi connectivity index (χ0) is 19.9. The lowest BCUT2D eigenvalue weighted by Crippen LogP contribution is -2.36. The number of rotatable bonds is 5. The predicted molar refractivity (Wildman–Crippen MR) is 113 cm³/mol. The fourth-order valence-electron chi connectivity index (χ4n) is 4.12. The third-order valence-electron chi connectivity index (χ3n) is 5.73. The zero-order valence-corrected chi connectivity index (χ0v) is 18.0. The molecule has 1 aromatic carbocycles. The van der Waals surface area contributed by atoms with Crippen molar-refractivity contribution in [1.29, 1.82) is 0 Å². The molecule has 2 aliphatic rings. The number of hydrogen-bond acceptors (Lipinski definition) is 4. The largest absolute Gasteiger partial charge is 0.325 e. The molecule has 1 aromatic heterocycles. The van der Waals surface area contributed by atoms with Crippen LogP contribution in [0.15, 0.2) is 35.2 Å². The maximum atomic E-state index is 12.9. The summed E-state index contributed by atoms with van der Waals surface area (Å²) in [5, 5.41) is 2.89. The number of amides is 1. The van der Waals surface area contributed by atoms with E-state index in [0.29, 0.717) is 22.0 Å². The van der Waals surface area contributed by atoms with Crippen molar-refractivity contribution >= 4 is 44.6 Å². The van der Waals surface area contributed by atoms with E-state index in [1.807, 2.05) is 19.1 Å². The van der Waals surface area contributed by atoms with Crippen LogP contribution in [0, 0.1) is 0 Å². The summed E-state index contributed by atoms with van der Waals surface area (Å²) in [6.07, 6.45) is 5.50. The van der Waals surface area contributed by atoms with Crippen LogP contribution in [0.2, 0.25) is 4.34 Å². The molecule has 1 saturated carbocycles. The molecule has 1 unspecified atom stereocenters. The Bertz CT molecular complexity index is 1010. The summed E-state index contributed by atoms with van der Waals surface area (Å²) >= 11 is 7.47. The number of benzene rings is 1. The van der Waals surface area contributed by atoms with Crippen LogP contribution in [-0.2, 0) is 26.7 Å². The molecule has 28 heavy (non-hydrogen) atoms. The number of halogens is 1. The molecular weight excluding hydrogens is 416 g/mol. The van der Waals surface area contributed by atoms with Crippen LogP contribution in [0.25, 0.3) is 0 Å². The second kappa shape index (κ2) is 7.44. The van der Waals surface area contributed by atoms with E-state index in [2.05, 4.69) is 10.0 Å². The third-order valence-corrected chi connectivity index (χ3v) is 8.48. The molecule has 0 radical (unpaired) electrons. The van der Waals surface area contributed by atoms with Gasteiger partial charge in [0.15, 0.2) is 0 Å². The first kappa shape index (κ1) is 19.9. The van der Waals surface area contributed by atoms with E-state index in [0.717, 1.165) is 37.0 Å². The van der Waals surface area contributed by atoms with Crippen molar-refractivity contribution < 1.29 is 13.2 Å². The first-order valence-electron chi connectivity index (χ1n) is 9.50. The standard InChI is InChI=1S/C20H23ClN2O3S2/c1-20(12-14-7-10-18(21)27-14)16-11-15(8-9-17(16)22-19(20)24)28(25,26)23-13-5-3-2-4-6-13/h7-11,13,23H,2-6,12H2,1H3,(H,22,24). The van der Waals surface area contributed by atoms with Crippen molar-refractivity contribution in [2.75, 3.05) is 5.32 Å². The molecule has 1 fully saturated rings. The molecule has 0 bridgehead atoms. The van der Waals surface area contributed by atoms with Gasteiger partial charge >= 0.3 is 0 Å². The van der Waals surface area contributed by atoms with Gasteiger partial charge in [-0.05, 0) is 55.7 Å². The SMILES string of the molecule is CC1(Cc2ccc(Cl)s2)C(=O)Nc2ccc(S(=O)(=O)NC3CCCCC3)cc21. The maximum Gasteiger partial charge on any atom is 0.240 e. The smallest absolute Gasteiger partial charge is 0.240 e. The highest BCUT2D eigenvalue weighted by Gasteiger charge is 2.43. The normalized spacial score (nSPS) is 22.9. The number of carbonyl (C=O) groups excluding carboxylic acids is 1. The first-order chi connectivity index (χ1) is 13.3. The fourth-order valence-corrected chi connectivity index (χ4v) is 6.69. The molecule has 4 rings (SSSR count). The Balaban J connectivity index is 1.65. The van der Waals surface area contributed by atoms with Crippen molar-refractivity contribution in [1.82, 2.24) is 4.72 Å². The van der Waals surface area contributed by atoms with Crippen LogP contribution < -0.4 is 10.0 Å². The van der Waals surface area contributed by atoms with E-state index in [4.69, 9.17) is 11.6 Å². The van der Waals surface area contributed by atoms with Gasteiger partial charge in [0, 0.05) is 23.0 Å². The molecule has 0 spiro atoms. The van der Waals surface area contributed by atoms with Crippen molar-refractivity contribution in [2.24, 2.45) is 0 Å². The molecule has 1 atom stereocenters. The van der Waals surface area contributed by atoms with Crippen molar-refractivity contribution in [3.63, 3.8) is 0 Å². The van der Waals surface area contributed by atoms with Gasteiger partial charge in [-0.25, -0.2) is 13.1 Å². The summed E-state index contributed by atoms with van der Waals surface area (Å²) < 4.78 is 29.4. The van der Waals surface area contributed by atoms with Crippen molar-refractivity contribution in [3.05, 3.63) is 45.1 Å². The lowest BCUT2D eigenvalue weighted by molar-refractivity contribution is -0.120. The minimum Gasteiger partial charge on any atom is -0.325 e. The Morgan fingerprint density at radius 1 is 1.21 bits per heavy atom. The fraction of sp³-hybridized carbons (Fsp3) is 0.450. The lowest BCUT2D eigenvalue weighted by atomic mass is 9.80. The average molecular weight is 439 g/mol. The Labute approximate surface area is 174 Å². The molecule has 8 heteroatoms. The molecular formula is C20H23ClN2O3S2. The molecule has 2 heterocycles. The highest BCUT2D eigenvalue weighted by molar-refractivity contribution is 7.89. The minimum atomic E-state index is -3.63. The van der Waals surface area contributed by atoms with Crippen LogP contribution in [0.4, 0.5) is 5.69 Å². The van der Waals surface area contributed by atoms with Crippen LogP contribution >= 0.6 is 22.9 Å². The van der Waals surface area contributed by atoms with E-state index in [1.54, 1.807) is 18.2 Å². The summed E-state index contributed by atoms with van der Waals surface area (Å²) in [5.41, 5.74) is 0.556. The van der Waals surface area contributed by atoms with Gasteiger partial charge in [0.25, 0.3) is 0 Å². The number of carbonyl (C=O) groups is 1. The predicted octanol–water partition coefficient (Wildman–Crippen LogP) is 4.47. The molecule has 1 aliphatic carbocycles. The van der Waals surface area contributed by atoms with Gasteiger partial charge in [0.1, 0.15) is 0 Å². The molecule has 2 aromatic rings. The molecule has 1 aliphatic heterocycles. The highest BCUT2D eigenvalue weighted by atomic mass is 35.5. The Morgan fingerprint density at radius 2 is 1.96 bits per heavy atom. The van der Waals surface area contributed by atoms with Crippen LogP contribution in [-0.4, -0.2) is 20.4 Å².